The number of halogens is 3. The summed E-state index contributed by atoms with van der Waals surface area (Å²) in [5, 5.41) is 5.18. The Kier molecular flexibility index (Phi) is 4.66. The average molecular weight is 474 g/mol. The predicted octanol–water partition coefficient (Wildman–Crippen LogP) is 5.61. The van der Waals surface area contributed by atoms with Crippen molar-refractivity contribution in [3.8, 4) is 5.69 Å². The zero-order chi connectivity index (χ0) is 14.8. The van der Waals surface area contributed by atoms with E-state index in [2.05, 4.69) is 43.6 Å². The third-order valence-corrected chi connectivity index (χ3v) is 5.39. The first-order valence-electron chi connectivity index (χ1n) is 6.34. The first-order chi connectivity index (χ1) is 10.1. The van der Waals surface area contributed by atoms with Crippen molar-refractivity contribution >= 4 is 50.1 Å². The molecule has 2 aromatic carbocycles. The van der Waals surface area contributed by atoms with Gasteiger partial charge in [0.05, 0.1) is 16.7 Å². The van der Waals surface area contributed by atoms with Gasteiger partial charge in [-0.25, -0.2) is 4.68 Å². The molecule has 1 atom stereocenters. The summed E-state index contributed by atoms with van der Waals surface area (Å²) in [6, 6.07) is 16.0. The van der Waals surface area contributed by atoms with Crippen molar-refractivity contribution in [1.29, 1.82) is 0 Å². The lowest BCUT2D eigenvalue weighted by molar-refractivity contribution is 0.880. The highest BCUT2D eigenvalue weighted by atomic mass is 127. The summed E-state index contributed by atoms with van der Waals surface area (Å²) in [5.41, 5.74) is 3.29. The lowest BCUT2D eigenvalue weighted by atomic mass is 10.1. The van der Waals surface area contributed by atoms with Crippen molar-refractivity contribution in [3.05, 3.63) is 80.6 Å². The van der Waals surface area contributed by atoms with Crippen molar-refractivity contribution in [2.45, 2.75) is 4.83 Å². The van der Waals surface area contributed by atoms with E-state index in [9.17, 15) is 0 Å². The second-order valence-electron chi connectivity index (χ2n) is 4.58. The van der Waals surface area contributed by atoms with Crippen LogP contribution in [0.4, 0.5) is 0 Å². The van der Waals surface area contributed by atoms with Gasteiger partial charge in [0.25, 0.3) is 0 Å². The minimum Gasteiger partial charge on any atom is -0.241 e. The maximum absolute atomic E-state index is 6.10. The van der Waals surface area contributed by atoms with Crippen molar-refractivity contribution < 1.29 is 0 Å². The Morgan fingerprint density at radius 1 is 1.14 bits per heavy atom. The summed E-state index contributed by atoms with van der Waals surface area (Å²) in [4.78, 5) is 0.0700. The van der Waals surface area contributed by atoms with E-state index < -0.39 is 0 Å². The monoisotopic (exact) mass is 472 g/mol. The van der Waals surface area contributed by atoms with E-state index in [0.29, 0.717) is 0 Å². The average Bonchev–Trinajstić information content (AvgIpc) is 3.00. The minimum atomic E-state index is 0.0700. The molecule has 0 N–H and O–H groups in total. The first-order valence-corrected chi connectivity index (χ1v) is 8.71. The Morgan fingerprint density at radius 3 is 2.67 bits per heavy atom. The molecule has 1 heterocycles. The fourth-order valence-electron chi connectivity index (χ4n) is 2.08. The second kappa shape index (κ2) is 6.50. The largest absolute Gasteiger partial charge is 0.241 e. The minimum absolute atomic E-state index is 0.0700. The summed E-state index contributed by atoms with van der Waals surface area (Å²) < 4.78 is 3.05. The molecule has 0 radical (unpaired) electrons. The zero-order valence-corrected chi connectivity index (χ0v) is 15.4. The number of para-hydroxylation sites is 1. The smallest absolute Gasteiger partial charge is 0.0686 e. The highest BCUT2D eigenvalue weighted by Crippen LogP contribution is 2.35. The van der Waals surface area contributed by atoms with Crippen LogP contribution in [-0.2, 0) is 0 Å². The summed E-state index contributed by atoms with van der Waals surface area (Å²) in [6.07, 6.45) is 3.91. The van der Waals surface area contributed by atoms with E-state index in [4.69, 9.17) is 11.6 Å². The fourth-order valence-corrected chi connectivity index (χ4v) is 3.95. The number of nitrogens with zero attached hydrogens (tertiary/aromatic N) is 2. The van der Waals surface area contributed by atoms with Gasteiger partial charge in [-0.3, -0.25) is 0 Å². The maximum atomic E-state index is 6.10. The molecule has 0 amide bonds. The maximum Gasteiger partial charge on any atom is 0.0686 e. The molecule has 0 aliphatic carbocycles. The van der Waals surface area contributed by atoms with Crippen LogP contribution in [0.5, 0.6) is 0 Å². The molecule has 1 unspecified atom stereocenters. The topological polar surface area (TPSA) is 17.8 Å². The summed E-state index contributed by atoms with van der Waals surface area (Å²) in [5.74, 6) is 0. The fraction of sp³-hybridized carbons (Fsp3) is 0.0625. The molecule has 106 valence electrons. The van der Waals surface area contributed by atoms with Crippen LogP contribution in [0, 0.1) is 3.57 Å². The van der Waals surface area contributed by atoms with E-state index in [1.165, 1.54) is 3.57 Å². The highest BCUT2D eigenvalue weighted by Gasteiger charge is 2.16. The molecule has 0 fully saturated rings. The number of rotatable bonds is 3. The van der Waals surface area contributed by atoms with Crippen molar-refractivity contribution in [3.63, 3.8) is 0 Å². The summed E-state index contributed by atoms with van der Waals surface area (Å²) >= 11 is 12.2. The summed E-state index contributed by atoms with van der Waals surface area (Å²) in [7, 11) is 0. The van der Waals surface area contributed by atoms with Gasteiger partial charge in [0, 0.05) is 20.4 Å². The molecule has 0 aliphatic rings. The Labute approximate surface area is 150 Å². The molecule has 3 rings (SSSR count). The molecule has 1 aromatic heterocycles. The quantitative estimate of drug-likeness (QED) is 0.357. The number of aromatic nitrogens is 2. The van der Waals surface area contributed by atoms with Crippen LogP contribution in [0.2, 0.25) is 5.02 Å². The molecule has 0 saturated heterocycles. The molecular weight excluding hydrogens is 462 g/mol. The lowest BCUT2D eigenvalue weighted by Gasteiger charge is -2.11. The molecule has 0 aliphatic heterocycles. The van der Waals surface area contributed by atoms with Gasteiger partial charge in [-0.05, 0) is 58.5 Å². The number of hydrogen-bond acceptors (Lipinski definition) is 1. The van der Waals surface area contributed by atoms with Crippen LogP contribution in [0.1, 0.15) is 16.0 Å². The van der Waals surface area contributed by atoms with Crippen LogP contribution in [-0.4, -0.2) is 9.78 Å². The van der Waals surface area contributed by atoms with E-state index in [-0.39, 0.29) is 4.83 Å². The van der Waals surface area contributed by atoms with Crippen LogP contribution in [0.15, 0.2) is 60.9 Å². The van der Waals surface area contributed by atoms with Gasteiger partial charge in [0.2, 0.25) is 0 Å². The normalized spacial score (nSPS) is 12.3. The van der Waals surface area contributed by atoms with Gasteiger partial charge in [-0.15, -0.1) is 0 Å². The molecule has 5 heteroatoms. The number of benzene rings is 2. The lowest BCUT2D eigenvalue weighted by Crippen LogP contribution is -1.95. The van der Waals surface area contributed by atoms with Gasteiger partial charge < -0.3 is 0 Å². The molecular formula is C16H11BrClIN2. The zero-order valence-electron chi connectivity index (χ0n) is 10.9. The van der Waals surface area contributed by atoms with Gasteiger partial charge >= 0.3 is 0 Å². The first kappa shape index (κ1) is 15.1. The molecule has 21 heavy (non-hydrogen) atoms. The number of alkyl halides is 1. The van der Waals surface area contributed by atoms with Crippen LogP contribution in [0.3, 0.4) is 0 Å². The van der Waals surface area contributed by atoms with Crippen molar-refractivity contribution in [1.82, 2.24) is 9.78 Å². The Bertz CT molecular complexity index is 758. The molecule has 0 spiro atoms. The standard InChI is InChI=1S/C16H11BrClIN2/c17-16(14-8-12(18)6-7-15(14)19)11-9-20-21(10-11)13-4-2-1-3-5-13/h1-10,16H. The molecule has 0 bridgehead atoms. The van der Waals surface area contributed by atoms with E-state index >= 15 is 0 Å². The SMILES string of the molecule is Clc1ccc(I)c(C(Br)c2cnn(-c3ccccc3)c2)c1. The molecule has 3 aromatic rings. The Balaban J connectivity index is 1.94. The molecule has 0 saturated carbocycles. The van der Waals surface area contributed by atoms with Gasteiger partial charge in [0.15, 0.2) is 0 Å². The highest BCUT2D eigenvalue weighted by molar-refractivity contribution is 14.1. The van der Waals surface area contributed by atoms with Gasteiger partial charge in [-0.2, -0.15) is 5.10 Å². The van der Waals surface area contributed by atoms with Crippen molar-refractivity contribution in [2.24, 2.45) is 0 Å². The van der Waals surface area contributed by atoms with Gasteiger partial charge in [-0.1, -0.05) is 45.7 Å². The van der Waals surface area contributed by atoms with Crippen LogP contribution < -0.4 is 0 Å². The van der Waals surface area contributed by atoms with Gasteiger partial charge in [0.1, 0.15) is 0 Å². The predicted molar refractivity (Wildman–Crippen MR) is 98.5 cm³/mol. The summed E-state index contributed by atoms with van der Waals surface area (Å²) in [6.45, 7) is 0. The second-order valence-corrected chi connectivity index (χ2v) is 7.10. The van der Waals surface area contributed by atoms with Crippen molar-refractivity contribution in [2.75, 3.05) is 0 Å². The van der Waals surface area contributed by atoms with Crippen LogP contribution in [0.25, 0.3) is 5.69 Å². The Morgan fingerprint density at radius 2 is 1.90 bits per heavy atom. The Hall–Kier alpha value is -0.850. The third kappa shape index (κ3) is 3.33. The third-order valence-electron chi connectivity index (χ3n) is 3.15. The van der Waals surface area contributed by atoms with E-state index in [1.54, 1.807) is 0 Å². The van der Waals surface area contributed by atoms with Crippen LogP contribution >= 0.6 is 50.1 Å². The van der Waals surface area contributed by atoms with E-state index in [0.717, 1.165) is 21.8 Å². The molecule has 2 nitrogen and oxygen atoms in total. The number of hydrogen-bond donors (Lipinski definition) is 0. The van der Waals surface area contributed by atoms with E-state index in [1.807, 2.05) is 65.6 Å².